The molecule has 0 bridgehead atoms. The van der Waals surface area contributed by atoms with E-state index in [1.165, 1.54) is 11.8 Å². The lowest BCUT2D eigenvalue weighted by molar-refractivity contribution is -0.113. The number of benzene rings is 2. The smallest absolute Gasteiger partial charge is 0.284 e. The summed E-state index contributed by atoms with van der Waals surface area (Å²) in [6, 6.07) is 17.4. The maximum absolute atomic E-state index is 12.0. The van der Waals surface area contributed by atoms with E-state index in [2.05, 4.69) is 4.99 Å². The van der Waals surface area contributed by atoms with E-state index in [-0.39, 0.29) is 5.91 Å². The second-order valence-corrected chi connectivity index (χ2v) is 5.73. The number of ether oxygens (including phenoxy) is 1. The predicted octanol–water partition coefficient (Wildman–Crippen LogP) is 4.15. The molecule has 4 heteroatoms. The van der Waals surface area contributed by atoms with Gasteiger partial charge in [0.2, 0.25) is 0 Å². The molecule has 1 aliphatic rings. The fourth-order valence-corrected chi connectivity index (χ4v) is 3.01. The molecule has 2 aromatic carbocycles. The summed E-state index contributed by atoms with van der Waals surface area (Å²) < 4.78 is 5.41. The quantitative estimate of drug-likeness (QED) is 0.797. The number of nitrogens with zero attached hydrogens (tertiary/aromatic N) is 1. The van der Waals surface area contributed by atoms with E-state index in [1.807, 2.05) is 67.6 Å². The highest BCUT2D eigenvalue weighted by molar-refractivity contribution is 8.19. The zero-order valence-electron chi connectivity index (χ0n) is 12.2. The number of carbonyl (C=O) groups excluding carboxylic acids is 1. The van der Waals surface area contributed by atoms with Gasteiger partial charge in [-0.1, -0.05) is 54.2 Å². The average Bonchev–Trinajstić information content (AvgIpc) is 2.91. The lowest BCUT2D eigenvalue weighted by atomic mass is 10.2. The summed E-state index contributed by atoms with van der Waals surface area (Å²) >= 11 is 1.41. The summed E-state index contributed by atoms with van der Waals surface area (Å²) in [6.45, 7) is 2.59. The molecule has 0 N–H and O–H groups in total. The summed E-state index contributed by atoms with van der Waals surface area (Å²) in [5.41, 5.74) is 1.93. The molecular weight excluding hydrogens is 294 g/mol. The van der Waals surface area contributed by atoms with Crippen molar-refractivity contribution in [1.82, 2.24) is 0 Å². The van der Waals surface area contributed by atoms with Gasteiger partial charge in [-0.25, -0.2) is 4.99 Å². The van der Waals surface area contributed by atoms with Crippen molar-refractivity contribution in [3.05, 3.63) is 70.6 Å². The van der Waals surface area contributed by atoms with Gasteiger partial charge in [0.05, 0.1) is 11.5 Å². The number of carbonyl (C=O) groups is 1. The predicted molar refractivity (Wildman–Crippen MR) is 91.2 cm³/mol. The van der Waals surface area contributed by atoms with Crippen molar-refractivity contribution in [2.75, 3.05) is 6.61 Å². The monoisotopic (exact) mass is 309 g/mol. The minimum Gasteiger partial charge on any atom is -0.494 e. The van der Waals surface area contributed by atoms with Crippen LogP contribution in [0.15, 0.2) is 64.5 Å². The maximum Gasteiger partial charge on any atom is 0.284 e. The highest BCUT2D eigenvalue weighted by Crippen LogP contribution is 2.31. The van der Waals surface area contributed by atoms with Crippen LogP contribution in [0.4, 0.5) is 0 Å². The van der Waals surface area contributed by atoms with Crippen molar-refractivity contribution in [3.63, 3.8) is 0 Å². The Morgan fingerprint density at radius 3 is 2.50 bits per heavy atom. The Hall–Kier alpha value is -2.33. The van der Waals surface area contributed by atoms with Gasteiger partial charge in [0, 0.05) is 5.56 Å². The van der Waals surface area contributed by atoms with Crippen LogP contribution in [0.2, 0.25) is 0 Å². The molecule has 0 aromatic heterocycles. The maximum atomic E-state index is 12.0. The average molecular weight is 309 g/mol. The third-order valence-corrected chi connectivity index (χ3v) is 4.16. The topological polar surface area (TPSA) is 38.7 Å². The van der Waals surface area contributed by atoms with E-state index in [9.17, 15) is 4.79 Å². The number of rotatable bonds is 4. The second-order valence-electron chi connectivity index (χ2n) is 4.70. The van der Waals surface area contributed by atoms with Gasteiger partial charge in [-0.05, 0) is 30.7 Å². The molecule has 3 nitrogen and oxygen atoms in total. The summed E-state index contributed by atoms with van der Waals surface area (Å²) in [5, 5.41) is 0.753. The molecule has 1 aliphatic heterocycles. The van der Waals surface area contributed by atoms with Crippen LogP contribution in [0.5, 0.6) is 5.75 Å². The van der Waals surface area contributed by atoms with Crippen molar-refractivity contribution >= 4 is 28.8 Å². The molecule has 0 aliphatic carbocycles. The van der Waals surface area contributed by atoms with E-state index in [4.69, 9.17) is 4.74 Å². The first kappa shape index (κ1) is 14.6. The Labute approximate surface area is 133 Å². The first-order valence-corrected chi connectivity index (χ1v) is 7.89. The standard InChI is InChI=1S/C18H15NO2S/c1-2-21-15-10-8-13(9-11-15)12-16-17(20)19-18(22-16)14-6-4-3-5-7-14/h3-12H,2H2,1H3/b16-12+. The molecule has 0 radical (unpaired) electrons. The lowest BCUT2D eigenvalue weighted by Crippen LogP contribution is -1.91. The minimum absolute atomic E-state index is 0.183. The Balaban J connectivity index is 1.78. The second kappa shape index (κ2) is 6.62. The van der Waals surface area contributed by atoms with Gasteiger partial charge >= 0.3 is 0 Å². The summed E-state index contributed by atoms with van der Waals surface area (Å²) in [6.07, 6.45) is 1.86. The first-order chi connectivity index (χ1) is 10.8. The molecule has 1 amide bonds. The van der Waals surface area contributed by atoms with Gasteiger partial charge in [0.25, 0.3) is 5.91 Å². The van der Waals surface area contributed by atoms with Crippen LogP contribution in [0, 0.1) is 0 Å². The van der Waals surface area contributed by atoms with Crippen LogP contribution in [-0.2, 0) is 4.79 Å². The summed E-state index contributed by atoms with van der Waals surface area (Å²) in [7, 11) is 0. The van der Waals surface area contributed by atoms with Gasteiger partial charge in [0.15, 0.2) is 0 Å². The highest BCUT2D eigenvalue weighted by Gasteiger charge is 2.22. The Bertz CT molecular complexity index is 733. The number of hydrogen-bond donors (Lipinski definition) is 0. The fraction of sp³-hybridized carbons (Fsp3) is 0.111. The van der Waals surface area contributed by atoms with E-state index in [0.29, 0.717) is 11.5 Å². The Kier molecular flexibility index (Phi) is 4.39. The van der Waals surface area contributed by atoms with E-state index < -0.39 is 0 Å². The molecule has 3 rings (SSSR count). The third kappa shape index (κ3) is 3.28. The van der Waals surface area contributed by atoms with Crippen molar-refractivity contribution in [1.29, 1.82) is 0 Å². The molecule has 0 spiro atoms. The van der Waals surface area contributed by atoms with Gasteiger partial charge in [0.1, 0.15) is 10.8 Å². The third-order valence-electron chi connectivity index (χ3n) is 3.13. The number of aliphatic imine (C=N–C) groups is 1. The molecule has 0 saturated heterocycles. The largest absolute Gasteiger partial charge is 0.494 e. The Morgan fingerprint density at radius 1 is 1.09 bits per heavy atom. The lowest BCUT2D eigenvalue weighted by Gasteiger charge is -2.03. The van der Waals surface area contributed by atoms with Crippen molar-refractivity contribution in [2.24, 2.45) is 4.99 Å². The van der Waals surface area contributed by atoms with Crippen LogP contribution < -0.4 is 4.74 Å². The zero-order valence-corrected chi connectivity index (χ0v) is 13.0. The van der Waals surface area contributed by atoms with E-state index >= 15 is 0 Å². The highest BCUT2D eigenvalue weighted by atomic mass is 32.2. The normalized spacial score (nSPS) is 16.0. The molecule has 0 saturated carbocycles. The van der Waals surface area contributed by atoms with Gasteiger partial charge in [-0.15, -0.1) is 0 Å². The molecule has 1 heterocycles. The number of amides is 1. The van der Waals surface area contributed by atoms with Crippen molar-refractivity contribution in [2.45, 2.75) is 6.92 Å². The van der Waals surface area contributed by atoms with Crippen LogP contribution in [0.25, 0.3) is 6.08 Å². The van der Waals surface area contributed by atoms with Crippen LogP contribution >= 0.6 is 11.8 Å². The van der Waals surface area contributed by atoms with Gasteiger partial charge in [-0.3, -0.25) is 4.79 Å². The number of hydrogen-bond acceptors (Lipinski definition) is 3. The molecule has 0 fully saturated rings. The first-order valence-electron chi connectivity index (χ1n) is 7.07. The molecule has 2 aromatic rings. The molecule has 110 valence electrons. The fourth-order valence-electron chi connectivity index (χ4n) is 2.09. The summed E-state index contributed by atoms with van der Waals surface area (Å²) in [5.74, 6) is 0.647. The SMILES string of the molecule is CCOc1ccc(/C=C2/SC(c3ccccc3)=NC2=O)cc1. The molecule has 22 heavy (non-hydrogen) atoms. The number of thioether (sulfide) groups is 1. The van der Waals surface area contributed by atoms with Crippen molar-refractivity contribution < 1.29 is 9.53 Å². The molecule has 0 unspecified atom stereocenters. The molecule has 0 atom stereocenters. The van der Waals surface area contributed by atoms with Crippen LogP contribution in [-0.4, -0.2) is 17.6 Å². The minimum atomic E-state index is -0.183. The summed E-state index contributed by atoms with van der Waals surface area (Å²) in [4.78, 5) is 16.8. The van der Waals surface area contributed by atoms with Crippen molar-refractivity contribution in [3.8, 4) is 5.75 Å². The Morgan fingerprint density at radius 2 is 1.82 bits per heavy atom. The van der Waals surface area contributed by atoms with E-state index in [0.717, 1.165) is 21.9 Å². The molecular formula is C18H15NO2S. The van der Waals surface area contributed by atoms with E-state index in [1.54, 1.807) is 0 Å². The van der Waals surface area contributed by atoms with Crippen LogP contribution in [0.3, 0.4) is 0 Å². The van der Waals surface area contributed by atoms with Gasteiger partial charge < -0.3 is 4.74 Å². The zero-order chi connectivity index (χ0) is 15.4. The van der Waals surface area contributed by atoms with Gasteiger partial charge in [-0.2, -0.15) is 0 Å². The van der Waals surface area contributed by atoms with Crippen LogP contribution in [0.1, 0.15) is 18.1 Å².